The molecule has 0 unspecified atom stereocenters. The van der Waals surface area contributed by atoms with Gasteiger partial charge < -0.3 is 20.3 Å². The summed E-state index contributed by atoms with van der Waals surface area (Å²) >= 11 is 0. The average Bonchev–Trinajstić information content (AvgIpc) is 2.72. The van der Waals surface area contributed by atoms with E-state index in [9.17, 15) is 0 Å². The van der Waals surface area contributed by atoms with E-state index in [-0.39, 0.29) is 0 Å². The van der Waals surface area contributed by atoms with Crippen molar-refractivity contribution in [3.8, 4) is 0 Å². The zero-order valence-corrected chi connectivity index (χ0v) is 15.4. The van der Waals surface area contributed by atoms with Crippen molar-refractivity contribution in [3.05, 3.63) is 66.4 Å². The number of rotatable bonds is 5. The Kier molecular flexibility index (Phi) is 5.16. The molecule has 0 saturated carbocycles. The summed E-state index contributed by atoms with van der Waals surface area (Å²) < 4.78 is 5.41. The second-order valence-electron chi connectivity index (χ2n) is 6.49. The van der Waals surface area contributed by atoms with E-state index in [1.807, 2.05) is 43.5 Å². The fourth-order valence-corrected chi connectivity index (χ4v) is 2.99. The van der Waals surface area contributed by atoms with Crippen LogP contribution >= 0.6 is 0 Å². The van der Waals surface area contributed by atoms with Crippen molar-refractivity contribution < 1.29 is 4.74 Å². The van der Waals surface area contributed by atoms with Gasteiger partial charge in [0, 0.05) is 41.9 Å². The molecule has 1 aliphatic rings. The molecule has 6 nitrogen and oxygen atoms in total. The number of nitrogens with zero attached hydrogens (tertiary/aromatic N) is 3. The number of anilines is 5. The SMILES string of the molecule is Cc1cnc(Nc2ccc(N3CCOCC3)cc2)nc1Nc1ccccc1. The molecule has 0 radical (unpaired) electrons. The molecule has 1 fully saturated rings. The third kappa shape index (κ3) is 4.35. The summed E-state index contributed by atoms with van der Waals surface area (Å²) in [4.78, 5) is 11.3. The molecule has 0 amide bonds. The maximum Gasteiger partial charge on any atom is 0.229 e. The van der Waals surface area contributed by atoms with Crippen LogP contribution in [0.25, 0.3) is 0 Å². The van der Waals surface area contributed by atoms with Crippen molar-refractivity contribution in [2.24, 2.45) is 0 Å². The highest BCUT2D eigenvalue weighted by molar-refractivity contribution is 5.63. The van der Waals surface area contributed by atoms with Gasteiger partial charge in [-0.15, -0.1) is 0 Å². The minimum absolute atomic E-state index is 0.568. The molecule has 6 heteroatoms. The van der Waals surface area contributed by atoms with Crippen molar-refractivity contribution in [2.45, 2.75) is 6.92 Å². The standard InChI is InChI=1S/C21H23N5O/c1-16-15-22-21(25-20(16)23-17-5-3-2-4-6-17)24-18-7-9-19(10-8-18)26-11-13-27-14-12-26/h2-10,15H,11-14H2,1H3,(H2,22,23,24,25). The molecular weight excluding hydrogens is 338 g/mol. The van der Waals surface area contributed by atoms with Gasteiger partial charge in [-0.2, -0.15) is 4.98 Å². The van der Waals surface area contributed by atoms with Crippen LogP contribution in [0.4, 0.5) is 28.8 Å². The van der Waals surface area contributed by atoms with Crippen LogP contribution in [-0.2, 0) is 4.74 Å². The first kappa shape index (κ1) is 17.3. The zero-order chi connectivity index (χ0) is 18.5. The van der Waals surface area contributed by atoms with Gasteiger partial charge in [-0.25, -0.2) is 4.98 Å². The molecule has 2 aromatic carbocycles. The number of nitrogens with one attached hydrogen (secondary N) is 2. The highest BCUT2D eigenvalue weighted by atomic mass is 16.5. The molecule has 1 saturated heterocycles. The van der Waals surface area contributed by atoms with E-state index in [1.54, 1.807) is 0 Å². The molecule has 1 aromatic heterocycles. The maximum atomic E-state index is 5.41. The summed E-state index contributed by atoms with van der Waals surface area (Å²) in [5.74, 6) is 1.36. The minimum atomic E-state index is 0.568. The van der Waals surface area contributed by atoms with Gasteiger partial charge in [0.1, 0.15) is 5.82 Å². The van der Waals surface area contributed by atoms with Gasteiger partial charge >= 0.3 is 0 Å². The molecule has 3 aromatic rings. The fraction of sp³-hybridized carbons (Fsp3) is 0.238. The first-order chi connectivity index (χ1) is 13.3. The highest BCUT2D eigenvalue weighted by Gasteiger charge is 2.11. The van der Waals surface area contributed by atoms with E-state index in [1.165, 1.54) is 5.69 Å². The average molecular weight is 361 g/mol. The highest BCUT2D eigenvalue weighted by Crippen LogP contribution is 2.23. The number of aromatic nitrogens is 2. The zero-order valence-electron chi connectivity index (χ0n) is 15.4. The molecule has 4 rings (SSSR count). The van der Waals surface area contributed by atoms with E-state index in [0.29, 0.717) is 5.95 Å². The number of morpholine rings is 1. The topological polar surface area (TPSA) is 62.3 Å². The fourth-order valence-electron chi connectivity index (χ4n) is 2.99. The largest absolute Gasteiger partial charge is 0.378 e. The first-order valence-corrected chi connectivity index (χ1v) is 9.13. The van der Waals surface area contributed by atoms with E-state index in [4.69, 9.17) is 4.74 Å². The summed E-state index contributed by atoms with van der Waals surface area (Å²) in [5.41, 5.74) is 4.16. The van der Waals surface area contributed by atoms with Crippen molar-refractivity contribution in [3.63, 3.8) is 0 Å². The third-order valence-corrected chi connectivity index (χ3v) is 4.51. The molecule has 0 bridgehead atoms. The molecule has 0 aliphatic carbocycles. The lowest BCUT2D eigenvalue weighted by Crippen LogP contribution is -2.36. The second kappa shape index (κ2) is 8.05. The van der Waals surface area contributed by atoms with Crippen LogP contribution in [0, 0.1) is 6.92 Å². The Labute approximate surface area is 159 Å². The molecule has 0 spiro atoms. The Morgan fingerprint density at radius 3 is 2.33 bits per heavy atom. The molecule has 0 atom stereocenters. The Bertz CT molecular complexity index is 877. The number of hydrogen-bond acceptors (Lipinski definition) is 6. The van der Waals surface area contributed by atoms with Crippen LogP contribution < -0.4 is 15.5 Å². The molecule has 2 N–H and O–H groups in total. The van der Waals surface area contributed by atoms with E-state index < -0.39 is 0 Å². The predicted molar refractivity (Wildman–Crippen MR) is 109 cm³/mol. The summed E-state index contributed by atoms with van der Waals surface area (Å²) in [6.45, 7) is 5.43. The van der Waals surface area contributed by atoms with Gasteiger partial charge in [0.2, 0.25) is 5.95 Å². The summed E-state index contributed by atoms with van der Waals surface area (Å²) in [5, 5.41) is 6.62. The number of ether oxygens (including phenoxy) is 1. The van der Waals surface area contributed by atoms with E-state index >= 15 is 0 Å². The van der Waals surface area contributed by atoms with Gasteiger partial charge in [0.05, 0.1) is 13.2 Å². The number of aryl methyl sites for hydroxylation is 1. The Balaban J connectivity index is 1.46. The van der Waals surface area contributed by atoms with Crippen LogP contribution in [-0.4, -0.2) is 36.3 Å². The molecule has 2 heterocycles. The van der Waals surface area contributed by atoms with E-state index in [2.05, 4.69) is 49.8 Å². The van der Waals surface area contributed by atoms with Gasteiger partial charge in [0.25, 0.3) is 0 Å². The lowest BCUT2D eigenvalue weighted by Gasteiger charge is -2.28. The smallest absolute Gasteiger partial charge is 0.229 e. The summed E-state index contributed by atoms with van der Waals surface area (Å²) in [6.07, 6.45) is 1.82. The Hall–Kier alpha value is -3.12. The number of benzene rings is 2. The van der Waals surface area contributed by atoms with Crippen LogP contribution in [0.3, 0.4) is 0 Å². The summed E-state index contributed by atoms with van der Waals surface area (Å²) in [6, 6.07) is 18.3. The van der Waals surface area contributed by atoms with Gasteiger partial charge in [-0.1, -0.05) is 18.2 Å². The van der Waals surface area contributed by atoms with Crippen LogP contribution in [0.2, 0.25) is 0 Å². The molecule has 138 valence electrons. The van der Waals surface area contributed by atoms with Gasteiger partial charge in [-0.3, -0.25) is 0 Å². The molecule has 27 heavy (non-hydrogen) atoms. The normalized spacial score (nSPS) is 14.0. The minimum Gasteiger partial charge on any atom is -0.378 e. The van der Waals surface area contributed by atoms with E-state index in [0.717, 1.165) is 49.1 Å². The molecule has 1 aliphatic heterocycles. The predicted octanol–water partition coefficient (Wildman–Crippen LogP) is 4.11. The van der Waals surface area contributed by atoms with Gasteiger partial charge in [-0.05, 0) is 43.3 Å². The van der Waals surface area contributed by atoms with Crippen LogP contribution in [0.1, 0.15) is 5.56 Å². The lowest BCUT2D eigenvalue weighted by molar-refractivity contribution is 0.122. The monoisotopic (exact) mass is 361 g/mol. The van der Waals surface area contributed by atoms with Gasteiger partial charge in [0.15, 0.2) is 0 Å². The molecular formula is C21H23N5O. The van der Waals surface area contributed by atoms with Crippen molar-refractivity contribution in [1.29, 1.82) is 0 Å². The van der Waals surface area contributed by atoms with Crippen molar-refractivity contribution in [2.75, 3.05) is 41.8 Å². The van der Waals surface area contributed by atoms with Crippen LogP contribution in [0.15, 0.2) is 60.8 Å². The maximum absolute atomic E-state index is 5.41. The van der Waals surface area contributed by atoms with Crippen molar-refractivity contribution >= 4 is 28.8 Å². The quantitative estimate of drug-likeness (QED) is 0.713. The number of para-hydroxylation sites is 1. The second-order valence-corrected chi connectivity index (χ2v) is 6.49. The summed E-state index contributed by atoms with van der Waals surface area (Å²) in [7, 11) is 0. The Morgan fingerprint density at radius 2 is 1.59 bits per heavy atom. The third-order valence-electron chi connectivity index (χ3n) is 4.51. The first-order valence-electron chi connectivity index (χ1n) is 9.13. The van der Waals surface area contributed by atoms with Crippen molar-refractivity contribution in [1.82, 2.24) is 9.97 Å². The number of hydrogen-bond donors (Lipinski definition) is 2. The van der Waals surface area contributed by atoms with Crippen LogP contribution in [0.5, 0.6) is 0 Å². The Morgan fingerprint density at radius 1 is 0.889 bits per heavy atom. The lowest BCUT2D eigenvalue weighted by atomic mass is 10.2.